The molecule has 3 nitrogen and oxygen atoms in total. The molecule has 0 spiro atoms. The second-order valence-electron chi connectivity index (χ2n) is 5.46. The molecule has 1 aromatic carbocycles. The van der Waals surface area contributed by atoms with Gasteiger partial charge in [-0.2, -0.15) is 5.26 Å². The maximum absolute atomic E-state index is 11.7. The Morgan fingerprint density at radius 1 is 1.39 bits per heavy atom. The Morgan fingerprint density at radius 2 is 2.11 bits per heavy atom. The van der Waals surface area contributed by atoms with Crippen LogP contribution in [0.3, 0.4) is 0 Å². The van der Waals surface area contributed by atoms with Crippen LogP contribution in [0.15, 0.2) is 24.3 Å². The molecular formula is C15H16N2O. The topological polar surface area (TPSA) is 56.6 Å². The Hall–Kier alpha value is -2.08. The smallest absolute Gasteiger partial charge is 0.193 e. The van der Waals surface area contributed by atoms with E-state index in [0.717, 1.165) is 10.9 Å². The van der Waals surface area contributed by atoms with Gasteiger partial charge in [0.15, 0.2) is 5.78 Å². The van der Waals surface area contributed by atoms with Gasteiger partial charge < -0.3 is 4.98 Å². The molecule has 0 atom stereocenters. The number of nitrogens with zero attached hydrogens (tertiary/aromatic N) is 1. The Morgan fingerprint density at radius 3 is 2.72 bits per heavy atom. The van der Waals surface area contributed by atoms with E-state index >= 15 is 0 Å². The number of carbonyl (C=O) groups excluding carboxylic acids is 1. The predicted octanol–water partition coefficient (Wildman–Crippen LogP) is 3.56. The van der Waals surface area contributed by atoms with Gasteiger partial charge in [0.1, 0.15) is 6.42 Å². The van der Waals surface area contributed by atoms with E-state index in [-0.39, 0.29) is 17.6 Å². The minimum Gasteiger partial charge on any atom is -0.352 e. The van der Waals surface area contributed by atoms with Crippen molar-refractivity contribution >= 4 is 16.7 Å². The third-order valence-electron chi connectivity index (χ3n) is 3.01. The minimum absolute atomic E-state index is 0.0250. The molecule has 0 unspecified atom stereocenters. The fourth-order valence-electron chi connectivity index (χ4n) is 2.13. The fraction of sp³-hybridized carbons (Fsp3) is 0.333. The molecule has 0 fully saturated rings. The first kappa shape index (κ1) is 12.4. The summed E-state index contributed by atoms with van der Waals surface area (Å²) in [4.78, 5) is 14.8. The van der Waals surface area contributed by atoms with Crippen molar-refractivity contribution in [3.63, 3.8) is 0 Å². The zero-order valence-electron chi connectivity index (χ0n) is 10.9. The molecular weight excluding hydrogens is 224 g/mol. The number of hydrogen-bond donors (Lipinski definition) is 1. The molecule has 0 radical (unpaired) electrons. The number of nitrogens with one attached hydrogen (secondary N) is 1. The zero-order chi connectivity index (χ0) is 13.3. The van der Waals surface area contributed by atoms with Crippen molar-refractivity contribution in [1.29, 1.82) is 5.26 Å². The number of ketones is 1. The molecule has 18 heavy (non-hydrogen) atoms. The molecule has 0 saturated carbocycles. The van der Waals surface area contributed by atoms with Crippen molar-refractivity contribution in [2.75, 3.05) is 0 Å². The number of fused-ring (bicyclic) bond motifs is 1. The zero-order valence-corrected chi connectivity index (χ0v) is 10.9. The number of H-pyrrole nitrogens is 1. The molecule has 2 aromatic rings. The molecule has 3 heteroatoms. The quantitative estimate of drug-likeness (QED) is 0.816. The maximum atomic E-state index is 11.7. The summed E-state index contributed by atoms with van der Waals surface area (Å²) >= 11 is 0. The lowest BCUT2D eigenvalue weighted by atomic mass is 9.85. The minimum atomic E-state index is -0.159. The molecule has 1 N–H and O–H groups in total. The molecule has 0 amide bonds. The van der Waals surface area contributed by atoms with Crippen molar-refractivity contribution < 1.29 is 4.79 Å². The SMILES string of the molecule is CC(C)(C)c1cccc2[nH]c(C(=O)CC#N)cc12. The van der Waals surface area contributed by atoms with Crippen LogP contribution < -0.4 is 0 Å². The van der Waals surface area contributed by atoms with Gasteiger partial charge in [-0.05, 0) is 23.1 Å². The average molecular weight is 240 g/mol. The summed E-state index contributed by atoms with van der Waals surface area (Å²) in [5, 5.41) is 9.63. The van der Waals surface area contributed by atoms with Gasteiger partial charge >= 0.3 is 0 Å². The number of nitriles is 1. The largest absolute Gasteiger partial charge is 0.352 e. The molecule has 0 saturated heterocycles. The molecule has 92 valence electrons. The van der Waals surface area contributed by atoms with E-state index < -0.39 is 0 Å². The van der Waals surface area contributed by atoms with Crippen LogP contribution in [0, 0.1) is 11.3 Å². The highest BCUT2D eigenvalue weighted by atomic mass is 16.1. The summed E-state index contributed by atoms with van der Waals surface area (Å²) in [6, 6.07) is 9.76. The van der Waals surface area contributed by atoms with E-state index in [1.165, 1.54) is 5.56 Å². The highest BCUT2D eigenvalue weighted by molar-refractivity contribution is 6.01. The Kier molecular flexibility index (Phi) is 2.96. The third-order valence-corrected chi connectivity index (χ3v) is 3.01. The van der Waals surface area contributed by atoms with Crippen molar-refractivity contribution in [1.82, 2.24) is 4.98 Å². The van der Waals surface area contributed by atoms with Crippen LogP contribution >= 0.6 is 0 Å². The molecule has 0 aliphatic carbocycles. The van der Waals surface area contributed by atoms with Gasteiger partial charge in [-0.25, -0.2) is 0 Å². The third kappa shape index (κ3) is 2.14. The number of aromatic nitrogens is 1. The highest BCUT2D eigenvalue weighted by Gasteiger charge is 2.19. The first-order valence-electron chi connectivity index (χ1n) is 5.96. The average Bonchev–Trinajstić information content (AvgIpc) is 2.71. The molecule has 0 bridgehead atoms. The molecule has 0 aliphatic rings. The number of benzene rings is 1. The van der Waals surface area contributed by atoms with E-state index in [9.17, 15) is 4.79 Å². The van der Waals surface area contributed by atoms with Gasteiger partial charge in [0.05, 0.1) is 11.8 Å². The Labute approximate surface area is 106 Å². The number of rotatable bonds is 2. The van der Waals surface area contributed by atoms with Gasteiger partial charge in [-0.1, -0.05) is 32.9 Å². The maximum Gasteiger partial charge on any atom is 0.193 e. The molecule has 2 rings (SSSR count). The van der Waals surface area contributed by atoms with E-state index in [0.29, 0.717) is 5.69 Å². The predicted molar refractivity (Wildman–Crippen MR) is 71.6 cm³/mol. The molecule has 1 aromatic heterocycles. The monoisotopic (exact) mass is 240 g/mol. The van der Waals surface area contributed by atoms with Crippen molar-refractivity contribution in [3.05, 3.63) is 35.5 Å². The summed E-state index contributed by atoms with van der Waals surface area (Å²) in [5.41, 5.74) is 2.69. The van der Waals surface area contributed by atoms with E-state index in [4.69, 9.17) is 5.26 Å². The molecule has 0 aliphatic heterocycles. The second kappa shape index (κ2) is 4.30. The fourth-order valence-corrected chi connectivity index (χ4v) is 2.13. The van der Waals surface area contributed by atoms with E-state index in [1.54, 1.807) is 0 Å². The van der Waals surface area contributed by atoms with E-state index in [2.05, 4.69) is 31.8 Å². The number of hydrogen-bond acceptors (Lipinski definition) is 2. The normalized spacial score (nSPS) is 11.4. The van der Waals surface area contributed by atoms with Crippen LogP contribution in [0.2, 0.25) is 0 Å². The van der Waals surface area contributed by atoms with Gasteiger partial charge in [-0.3, -0.25) is 4.79 Å². The Bertz CT molecular complexity index is 639. The van der Waals surface area contributed by atoms with Crippen LogP contribution in [0.25, 0.3) is 10.9 Å². The number of Topliss-reactive ketones (excluding diaryl/α,β-unsaturated/α-hetero) is 1. The van der Waals surface area contributed by atoms with Gasteiger partial charge in [-0.15, -0.1) is 0 Å². The van der Waals surface area contributed by atoms with Crippen LogP contribution in [0.5, 0.6) is 0 Å². The number of aromatic amines is 1. The van der Waals surface area contributed by atoms with Gasteiger partial charge in [0, 0.05) is 10.9 Å². The lowest BCUT2D eigenvalue weighted by molar-refractivity contribution is 0.0994. The van der Waals surface area contributed by atoms with Crippen molar-refractivity contribution in [3.8, 4) is 6.07 Å². The summed E-state index contributed by atoms with van der Waals surface area (Å²) in [6.07, 6.45) is -0.0856. The Balaban J connectivity index is 2.59. The van der Waals surface area contributed by atoms with Crippen LogP contribution in [0.4, 0.5) is 0 Å². The van der Waals surface area contributed by atoms with Gasteiger partial charge in [0.2, 0.25) is 0 Å². The van der Waals surface area contributed by atoms with E-state index in [1.807, 2.05) is 24.3 Å². The number of carbonyl (C=O) groups is 1. The van der Waals surface area contributed by atoms with Crippen molar-refractivity contribution in [2.45, 2.75) is 32.6 Å². The summed E-state index contributed by atoms with van der Waals surface area (Å²) in [7, 11) is 0. The van der Waals surface area contributed by atoms with Crippen LogP contribution in [0.1, 0.15) is 43.2 Å². The van der Waals surface area contributed by atoms with Crippen LogP contribution in [-0.4, -0.2) is 10.8 Å². The highest BCUT2D eigenvalue weighted by Crippen LogP contribution is 2.30. The summed E-state index contributed by atoms with van der Waals surface area (Å²) in [6.45, 7) is 6.43. The first-order valence-corrected chi connectivity index (χ1v) is 5.96. The summed E-state index contributed by atoms with van der Waals surface area (Å²) in [5.74, 6) is -0.159. The lowest BCUT2D eigenvalue weighted by Crippen LogP contribution is -2.11. The molecule has 1 heterocycles. The van der Waals surface area contributed by atoms with Crippen LogP contribution in [-0.2, 0) is 5.41 Å². The summed E-state index contributed by atoms with van der Waals surface area (Å²) < 4.78 is 0. The second-order valence-corrected chi connectivity index (χ2v) is 5.46. The lowest BCUT2D eigenvalue weighted by Gasteiger charge is -2.19. The first-order chi connectivity index (χ1) is 8.43. The van der Waals surface area contributed by atoms with Crippen molar-refractivity contribution in [2.24, 2.45) is 0 Å². The van der Waals surface area contributed by atoms with Gasteiger partial charge in [0.25, 0.3) is 0 Å². The standard InChI is InChI=1S/C15H16N2O/c1-15(2,3)11-5-4-6-12-10(11)9-13(17-12)14(18)7-8-16/h4-6,9,17H,7H2,1-3H3.